The predicted molar refractivity (Wildman–Crippen MR) is 111 cm³/mol. The van der Waals surface area contributed by atoms with Gasteiger partial charge in [-0.3, -0.25) is 29.7 Å². The highest BCUT2D eigenvalue weighted by molar-refractivity contribution is 7.92. The summed E-state index contributed by atoms with van der Waals surface area (Å²) in [5.41, 5.74) is -0.108. The van der Waals surface area contributed by atoms with Gasteiger partial charge in [-0.25, -0.2) is 8.42 Å². The Morgan fingerprint density at radius 2 is 1.42 bits per heavy atom. The van der Waals surface area contributed by atoms with Crippen LogP contribution in [-0.4, -0.2) is 24.2 Å². The van der Waals surface area contributed by atoms with Gasteiger partial charge in [-0.15, -0.1) is 0 Å². The van der Waals surface area contributed by atoms with Crippen LogP contribution in [-0.2, 0) is 10.0 Å². The second-order valence-corrected chi connectivity index (χ2v) is 7.88. The minimum absolute atomic E-state index is 0.00469. The van der Waals surface area contributed by atoms with Crippen molar-refractivity contribution in [1.82, 2.24) is 0 Å². The monoisotopic (exact) mass is 442 g/mol. The molecular weight excluding hydrogens is 428 g/mol. The number of anilines is 2. The predicted octanol–water partition coefficient (Wildman–Crippen LogP) is 3.56. The first-order chi connectivity index (χ1) is 14.7. The Hall–Kier alpha value is -4.32. The molecule has 0 bridgehead atoms. The first kappa shape index (κ1) is 21.4. The largest absolute Gasteiger partial charge is 0.322 e. The Balaban J connectivity index is 1.79. The smallest absolute Gasteiger partial charge is 0.271 e. The summed E-state index contributed by atoms with van der Waals surface area (Å²) in [6, 6.07) is 15.3. The van der Waals surface area contributed by atoms with Crippen molar-refractivity contribution in [1.29, 1.82) is 0 Å². The highest BCUT2D eigenvalue weighted by atomic mass is 32.2. The molecule has 158 valence electrons. The molecule has 1 amide bonds. The molecule has 3 rings (SSSR count). The number of nitro groups is 2. The summed E-state index contributed by atoms with van der Waals surface area (Å²) in [7, 11) is -4.13. The molecule has 0 aliphatic heterocycles. The van der Waals surface area contributed by atoms with E-state index in [4.69, 9.17) is 0 Å². The van der Waals surface area contributed by atoms with Crippen LogP contribution in [0.2, 0.25) is 0 Å². The molecule has 31 heavy (non-hydrogen) atoms. The summed E-state index contributed by atoms with van der Waals surface area (Å²) in [6.07, 6.45) is 0. The van der Waals surface area contributed by atoms with Gasteiger partial charge in [-0.2, -0.15) is 0 Å². The van der Waals surface area contributed by atoms with E-state index in [0.717, 1.165) is 12.1 Å². The lowest BCUT2D eigenvalue weighted by molar-refractivity contribution is -0.385. The lowest BCUT2D eigenvalue weighted by Crippen LogP contribution is -2.16. The van der Waals surface area contributed by atoms with Gasteiger partial charge in [0.05, 0.1) is 20.4 Å². The molecule has 0 unspecified atom stereocenters. The van der Waals surface area contributed by atoms with Crippen molar-refractivity contribution in [2.45, 2.75) is 4.90 Å². The summed E-state index contributed by atoms with van der Waals surface area (Å²) >= 11 is 0. The van der Waals surface area contributed by atoms with Gasteiger partial charge in [0.2, 0.25) is 0 Å². The standard InChI is InChI=1S/C19H14N4O7S/c24-19(20-14-7-9-16(10-8-14)22(25)26)13-3-1-6-18(11-13)31(29,30)21-15-4-2-5-17(12-15)23(27)28/h1-12,21H,(H,20,24). The van der Waals surface area contributed by atoms with E-state index in [1.807, 2.05) is 0 Å². The van der Waals surface area contributed by atoms with Crippen LogP contribution >= 0.6 is 0 Å². The molecule has 0 fully saturated rings. The van der Waals surface area contributed by atoms with E-state index >= 15 is 0 Å². The maximum absolute atomic E-state index is 12.6. The number of nitrogens with zero attached hydrogens (tertiary/aromatic N) is 2. The van der Waals surface area contributed by atoms with Crippen molar-refractivity contribution in [3.63, 3.8) is 0 Å². The maximum Gasteiger partial charge on any atom is 0.271 e. The van der Waals surface area contributed by atoms with E-state index in [1.165, 1.54) is 60.7 Å². The summed E-state index contributed by atoms with van der Waals surface area (Å²) in [5, 5.41) is 24.1. The molecule has 0 heterocycles. The van der Waals surface area contributed by atoms with Gasteiger partial charge in [-0.1, -0.05) is 12.1 Å². The molecular formula is C19H14N4O7S. The lowest BCUT2D eigenvalue weighted by Gasteiger charge is -2.10. The Morgan fingerprint density at radius 1 is 0.774 bits per heavy atom. The topological polar surface area (TPSA) is 162 Å². The fourth-order valence-corrected chi connectivity index (χ4v) is 3.67. The average molecular weight is 442 g/mol. The minimum atomic E-state index is -4.13. The van der Waals surface area contributed by atoms with Crippen molar-refractivity contribution in [3.8, 4) is 0 Å². The van der Waals surface area contributed by atoms with Crippen LogP contribution in [0.4, 0.5) is 22.7 Å². The summed E-state index contributed by atoms with van der Waals surface area (Å²) in [4.78, 5) is 32.6. The average Bonchev–Trinajstić information content (AvgIpc) is 2.74. The van der Waals surface area contributed by atoms with Gasteiger partial charge in [0, 0.05) is 35.5 Å². The Morgan fingerprint density at radius 3 is 2.06 bits per heavy atom. The molecule has 0 saturated carbocycles. The molecule has 0 atom stereocenters. The van der Waals surface area contributed by atoms with E-state index in [9.17, 15) is 33.4 Å². The van der Waals surface area contributed by atoms with Gasteiger partial charge >= 0.3 is 0 Å². The van der Waals surface area contributed by atoms with Crippen molar-refractivity contribution in [2.75, 3.05) is 10.0 Å². The third-order valence-electron chi connectivity index (χ3n) is 4.05. The zero-order valence-corrected chi connectivity index (χ0v) is 16.4. The number of amides is 1. The SMILES string of the molecule is O=C(Nc1ccc([N+](=O)[O-])cc1)c1cccc(S(=O)(=O)Nc2cccc([N+](=O)[O-])c2)c1. The number of nitro benzene ring substituents is 2. The summed E-state index contributed by atoms with van der Waals surface area (Å²) in [6.45, 7) is 0. The van der Waals surface area contributed by atoms with Gasteiger partial charge < -0.3 is 5.32 Å². The third kappa shape index (κ3) is 5.19. The molecule has 0 aliphatic carbocycles. The molecule has 0 saturated heterocycles. The third-order valence-corrected chi connectivity index (χ3v) is 5.43. The fraction of sp³-hybridized carbons (Fsp3) is 0. The second kappa shape index (κ2) is 8.59. The molecule has 3 aromatic rings. The number of non-ortho nitro benzene ring substituents is 2. The van der Waals surface area contributed by atoms with Crippen LogP contribution in [0.1, 0.15) is 10.4 Å². The van der Waals surface area contributed by atoms with Crippen molar-refractivity contribution in [3.05, 3.63) is 98.6 Å². The summed E-state index contributed by atoms with van der Waals surface area (Å²) in [5.74, 6) is -0.624. The quantitative estimate of drug-likeness (QED) is 0.417. The van der Waals surface area contributed by atoms with E-state index in [2.05, 4.69) is 10.0 Å². The Kier molecular flexibility index (Phi) is 5.93. The molecule has 12 heteroatoms. The normalized spacial score (nSPS) is 10.8. The summed E-state index contributed by atoms with van der Waals surface area (Å²) < 4.78 is 27.5. The number of sulfonamides is 1. The second-order valence-electron chi connectivity index (χ2n) is 6.20. The number of rotatable bonds is 7. The van der Waals surface area contributed by atoms with Crippen LogP contribution < -0.4 is 10.0 Å². The highest BCUT2D eigenvalue weighted by Gasteiger charge is 2.18. The number of nitrogens with one attached hydrogen (secondary N) is 2. The first-order valence-corrected chi connectivity index (χ1v) is 10.1. The molecule has 3 aromatic carbocycles. The molecule has 0 spiro atoms. The Bertz CT molecular complexity index is 1270. The van der Waals surface area contributed by atoms with E-state index in [0.29, 0.717) is 5.69 Å². The van der Waals surface area contributed by atoms with Crippen LogP contribution in [0, 0.1) is 20.2 Å². The number of carbonyl (C=O) groups excluding carboxylic acids is 1. The van der Waals surface area contributed by atoms with Gasteiger partial charge in [0.25, 0.3) is 27.3 Å². The van der Waals surface area contributed by atoms with Crippen molar-refractivity contribution >= 4 is 38.7 Å². The van der Waals surface area contributed by atoms with E-state index in [1.54, 1.807) is 0 Å². The van der Waals surface area contributed by atoms with Crippen LogP contribution in [0.5, 0.6) is 0 Å². The Labute approximate surface area is 175 Å². The molecule has 0 aromatic heterocycles. The molecule has 0 radical (unpaired) electrons. The van der Waals surface area contributed by atoms with Gasteiger partial charge in [0.1, 0.15) is 0 Å². The van der Waals surface area contributed by atoms with E-state index < -0.39 is 25.8 Å². The van der Waals surface area contributed by atoms with Gasteiger partial charge in [-0.05, 0) is 36.4 Å². The molecule has 11 nitrogen and oxygen atoms in total. The van der Waals surface area contributed by atoms with Crippen molar-refractivity contribution < 1.29 is 23.1 Å². The maximum atomic E-state index is 12.6. The van der Waals surface area contributed by atoms with E-state index in [-0.39, 0.29) is 27.5 Å². The zero-order chi connectivity index (χ0) is 22.6. The fourth-order valence-electron chi connectivity index (χ4n) is 2.57. The first-order valence-electron chi connectivity index (χ1n) is 8.59. The number of hydrogen-bond acceptors (Lipinski definition) is 7. The van der Waals surface area contributed by atoms with Crippen LogP contribution in [0.15, 0.2) is 77.7 Å². The number of carbonyl (C=O) groups is 1. The van der Waals surface area contributed by atoms with Crippen molar-refractivity contribution in [2.24, 2.45) is 0 Å². The zero-order valence-electron chi connectivity index (χ0n) is 15.6. The number of hydrogen-bond donors (Lipinski definition) is 2. The lowest BCUT2D eigenvalue weighted by atomic mass is 10.2. The molecule has 2 N–H and O–H groups in total. The van der Waals surface area contributed by atoms with Crippen LogP contribution in [0.25, 0.3) is 0 Å². The minimum Gasteiger partial charge on any atom is -0.322 e. The van der Waals surface area contributed by atoms with Gasteiger partial charge in [0.15, 0.2) is 0 Å². The number of benzene rings is 3. The van der Waals surface area contributed by atoms with Crippen LogP contribution in [0.3, 0.4) is 0 Å². The highest BCUT2D eigenvalue weighted by Crippen LogP contribution is 2.22. The molecule has 0 aliphatic rings.